The molecule has 0 radical (unpaired) electrons. The summed E-state index contributed by atoms with van der Waals surface area (Å²) >= 11 is 1.69. The van der Waals surface area contributed by atoms with E-state index in [9.17, 15) is 4.79 Å². The summed E-state index contributed by atoms with van der Waals surface area (Å²) in [5.41, 5.74) is 4.95. The zero-order valence-corrected chi connectivity index (χ0v) is 20.5. The van der Waals surface area contributed by atoms with Crippen LogP contribution in [0.1, 0.15) is 47.8 Å². The SMILES string of the molecule is CCSc1c2c(nn1Cc1ccc(-c3cccc(C)n3)cc1)N1C(=N[C@@H]3CCC[C@@H]31)N(C)C2=O. The molecule has 2 aliphatic heterocycles. The molecule has 3 aliphatic rings. The van der Waals surface area contributed by atoms with Crippen molar-refractivity contribution >= 4 is 29.4 Å². The number of thioether (sulfide) groups is 1. The fourth-order valence-electron chi connectivity index (χ4n) is 5.33. The minimum atomic E-state index is -0.00644. The first kappa shape index (κ1) is 21.4. The molecule has 2 atom stereocenters. The summed E-state index contributed by atoms with van der Waals surface area (Å²) in [4.78, 5) is 26.9. The van der Waals surface area contributed by atoms with Crippen molar-refractivity contribution in [3.05, 3.63) is 59.3 Å². The van der Waals surface area contributed by atoms with Crippen molar-refractivity contribution in [2.45, 2.75) is 56.8 Å². The molecule has 174 valence electrons. The lowest BCUT2D eigenvalue weighted by Crippen LogP contribution is -2.51. The maximum atomic E-state index is 13.4. The quantitative estimate of drug-likeness (QED) is 0.508. The maximum absolute atomic E-state index is 13.4. The smallest absolute Gasteiger partial charge is 0.266 e. The summed E-state index contributed by atoms with van der Waals surface area (Å²) in [5, 5.41) is 5.97. The minimum Gasteiger partial charge on any atom is -0.289 e. The second-order valence-corrected chi connectivity index (χ2v) is 10.4. The normalized spacial score (nSPS) is 20.9. The number of carbonyl (C=O) groups excluding carboxylic acids is 1. The summed E-state index contributed by atoms with van der Waals surface area (Å²) in [5.74, 6) is 2.42. The summed E-state index contributed by atoms with van der Waals surface area (Å²) in [6.45, 7) is 4.74. The Kier molecular flexibility index (Phi) is 5.21. The number of hydrogen-bond acceptors (Lipinski definition) is 6. The van der Waals surface area contributed by atoms with Crippen LogP contribution in [-0.2, 0) is 6.54 Å². The van der Waals surface area contributed by atoms with Crippen molar-refractivity contribution in [1.29, 1.82) is 0 Å². The molecular weight excluding hydrogens is 444 g/mol. The van der Waals surface area contributed by atoms with Crippen LogP contribution in [0.5, 0.6) is 0 Å². The number of carbonyl (C=O) groups is 1. The third-order valence-electron chi connectivity index (χ3n) is 6.96. The van der Waals surface area contributed by atoms with Gasteiger partial charge in [-0.15, -0.1) is 11.8 Å². The molecule has 1 fully saturated rings. The first-order valence-corrected chi connectivity index (χ1v) is 13.0. The number of nitrogens with zero attached hydrogens (tertiary/aromatic N) is 6. The monoisotopic (exact) mass is 472 g/mol. The summed E-state index contributed by atoms with van der Waals surface area (Å²) in [6.07, 6.45) is 3.35. The van der Waals surface area contributed by atoms with Crippen LogP contribution in [0.15, 0.2) is 52.5 Å². The van der Waals surface area contributed by atoms with E-state index in [2.05, 4.69) is 41.1 Å². The van der Waals surface area contributed by atoms with E-state index >= 15 is 0 Å². The van der Waals surface area contributed by atoms with Gasteiger partial charge in [0.25, 0.3) is 5.91 Å². The Bertz CT molecular complexity index is 1300. The zero-order chi connectivity index (χ0) is 23.4. The Labute approximate surface area is 203 Å². The van der Waals surface area contributed by atoms with Crippen molar-refractivity contribution < 1.29 is 4.79 Å². The number of hydrogen-bond donors (Lipinski definition) is 0. The Morgan fingerprint density at radius 3 is 2.71 bits per heavy atom. The fraction of sp³-hybridized carbons (Fsp3) is 0.385. The van der Waals surface area contributed by atoms with E-state index in [1.807, 2.05) is 36.9 Å². The van der Waals surface area contributed by atoms with Crippen LogP contribution in [0, 0.1) is 6.92 Å². The van der Waals surface area contributed by atoms with Crippen LogP contribution in [0.2, 0.25) is 0 Å². The van der Waals surface area contributed by atoms with Crippen molar-refractivity contribution in [2.24, 2.45) is 4.99 Å². The van der Waals surface area contributed by atoms with Crippen LogP contribution in [-0.4, -0.2) is 56.4 Å². The predicted molar refractivity (Wildman–Crippen MR) is 136 cm³/mol. The Balaban J connectivity index is 1.36. The lowest BCUT2D eigenvalue weighted by atomic mass is 10.1. The van der Waals surface area contributed by atoms with E-state index in [0.717, 1.165) is 63.5 Å². The van der Waals surface area contributed by atoms with Gasteiger partial charge in [0.05, 0.1) is 24.3 Å². The van der Waals surface area contributed by atoms with Crippen LogP contribution < -0.4 is 4.90 Å². The molecular formula is C26H28N6OS. The number of anilines is 1. The molecule has 8 heteroatoms. The van der Waals surface area contributed by atoms with Crippen LogP contribution in [0.25, 0.3) is 11.3 Å². The van der Waals surface area contributed by atoms with Crippen LogP contribution in [0.3, 0.4) is 0 Å². The number of benzene rings is 1. The fourth-order valence-corrected chi connectivity index (χ4v) is 6.18. The summed E-state index contributed by atoms with van der Waals surface area (Å²) in [7, 11) is 1.84. The second-order valence-electron chi connectivity index (χ2n) is 9.18. The number of pyridine rings is 1. The highest BCUT2D eigenvalue weighted by Crippen LogP contribution is 2.43. The molecule has 1 aromatic carbocycles. The van der Waals surface area contributed by atoms with Gasteiger partial charge < -0.3 is 0 Å². The van der Waals surface area contributed by atoms with Crippen molar-refractivity contribution in [3.63, 3.8) is 0 Å². The van der Waals surface area contributed by atoms with Gasteiger partial charge in [0.2, 0.25) is 5.96 Å². The first-order chi connectivity index (χ1) is 16.5. The number of aliphatic imine (C=N–C) groups is 1. The van der Waals surface area contributed by atoms with Gasteiger partial charge in [-0.1, -0.05) is 37.3 Å². The van der Waals surface area contributed by atoms with Gasteiger partial charge in [-0.3, -0.25) is 24.3 Å². The van der Waals surface area contributed by atoms with Crippen molar-refractivity contribution in [1.82, 2.24) is 19.7 Å². The average Bonchev–Trinajstić information content (AvgIpc) is 3.52. The molecule has 0 N–H and O–H groups in total. The Hall–Kier alpha value is -3.13. The molecule has 4 heterocycles. The highest BCUT2D eigenvalue weighted by molar-refractivity contribution is 7.99. The van der Waals surface area contributed by atoms with Crippen molar-refractivity contribution in [3.8, 4) is 11.3 Å². The molecule has 0 spiro atoms. The zero-order valence-electron chi connectivity index (χ0n) is 19.7. The molecule has 1 amide bonds. The number of amides is 1. The molecule has 1 aliphatic carbocycles. The molecule has 0 bridgehead atoms. The van der Waals surface area contributed by atoms with Gasteiger partial charge >= 0.3 is 0 Å². The maximum Gasteiger partial charge on any atom is 0.266 e. The van der Waals surface area contributed by atoms with E-state index < -0.39 is 0 Å². The van der Waals surface area contributed by atoms with E-state index in [1.54, 1.807) is 16.7 Å². The molecule has 0 unspecified atom stereocenters. The molecule has 2 aromatic heterocycles. The van der Waals surface area contributed by atoms with Gasteiger partial charge in [0.15, 0.2) is 5.82 Å². The van der Waals surface area contributed by atoms with E-state index in [4.69, 9.17) is 10.1 Å². The molecule has 1 saturated carbocycles. The molecule has 3 aromatic rings. The van der Waals surface area contributed by atoms with Gasteiger partial charge in [-0.2, -0.15) is 5.10 Å². The third-order valence-corrected chi connectivity index (χ3v) is 7.93. The van der Waals surface area contributed by atoms with E-state index in [1.165, 1.54) is 6.42 Å². The van der Waals surface area contributed by atoms with Crippen LogP contribution in [0.4, 0.5) is 5.82 Å². The Morgan fingerprint density at radius 1 is 1.12 bits per heavy atom. The first-order valence-electron chi connectivity index (χ1n) is 12.0. The number of aromatic nitrogens is 3. The highest BCUT2D eigenvalue weighted by Gasteiger charge is 2.49. The number of fused-ring (bicyclic) bond motifs is 5. The second kappa shape index (κ2) is 8.27. The third kappa shape index (κ3) is 3.35. The van der Waals surface area contributed by atoms with Crippen LogP contribution >= 0.6 is 11.8 Å². The van der Waals surface area contributed by atoms with E-state index in [0.29, 0.717) is 12.6 Å². The van der Waals surface area contributed by atoms with E-state index in [-0.39, 0.29) is 11.9 Å². The topological polar surface area (TPSA) is 66.6 Å². The molecule has 7 nitrogen and oxygen atoms in total. The lowest BCUT2D eigenvalue weighted by Gasteiger charge is -2.34. The summed E-state index contributed by atoms with van der Waals surface area (Å²) < 4.78 is 2.01. The minimum absolute atomic E-state index is 0.00644. The molecule has 34 heavy (non-hydrogen) atoms. The molecule has 6 rings (SSSR count). The van der Waals surface area contributed by atoms with Gasteiger partial charge in [0.1, 0.15) is 10.6 Å². The lowest BCUT2D eigenvalue weighted by molar-refractivity contribution is 0.0861. The summed E-state index contributed by atoms with van der Waals surface area (Å²) in [6, 6.07) is 15.1. The van der Waals surface area contributed by atoms with Crippen molar-refractivity contribution in [2.75, 3.05) is 17.7 Å². The predicted octanol–water partition coefficient (Wildman–Crippen LogP) is 4.60. The average molecular weight is 473 g/mol. The highest BCUT2D eigenvalue weighted by atomic mass is 32.2. The largest absolute Gasteiger partial charge is 0.289 e. The Morgan fingerprint density at radius 2 is 1.94 bits per heavy atom. The number of rotatable bonds is 5. The molecule has 0 saturated heterocycles. The van der Waals surface area contributed by atoms with Gasteiger partial charge in [-0.25, -0.2) is 4.99 Å². The van der Waals surface area contributed by atoms with Gasteiger partial charge in [-0.05, 0) is 49.6 Å². The standard InChI is InChI=1S/C26H28N6OS/c1-4-34-25-22-23(32-21-10-6-9-20(21)28-26(32)30(3)24(22)33)29-31(25)15-17-11-13-18(14-12-17)19-8-5-7-16(2)27-19/h5,7-8,11-14,20-21H,4,6,9-10,15H2,1-3H3/t20-,21+/m1/s1. The number of guanidine groups is 1. The van der Waals surface area contributed by atoms with Gasteiger partial charge in [0, 0.05) is 18.3 Å². The number of aryl methyl sites for hydroxylation is 1.